The number of unbranched alkanes of at least 4 members (excludes halogenated alkanes) is 2. The fraction of sp³-hybridized carbons (Fsp3) is 0.296. The molecular weight excluding hydrogens is 368 g/mol. The van der Waals surface area contributed by atoms with Gasteiger partial charge in [-0.05, 0) is 67.6 Å². The van der Waals surface area contributed by atoms with Gasteiger partial charge in [0.05, 0.1) is 11.0 Å². The van der Waals surface area contributed by atoms with Gasteiger partial charge in [0.15, 0.2) is 0 Å². The summed E-state index contributed by atoms with van der Waals surface area (Å²) in [5.41, 5.74) is 13.5. The lowest BCUT2D eigenvalue weighted by molar-refractivity contribution is 0.100. The van der Waals surface area contributed by atoms with Crippen LogP contribution in [0.4, 0.5) is 0 Å². The number of hydrogen-bond acceptors (Lipinski definition) is 1. The van der Waals surface area contributed by atoms with E-state index in [0.29, 0.717) is 5.56 Å². The zero-order chi connectivity index (χ0) is 21.3. The van der Waals surface area contributed by atoms with Crippen LogP contribution in [0.15, 0.2) is 48.5 Å². The van der Waals surface area contributed by atoms with Crippen molar-refractivity contribution in [2.24, 2.45) is 5.73 Å². The van der Waals surface area contributed by atoms with Crippen LogP contribution in [0.1, 0.15) is 58.8 Å². The fourth-order valence-electron chi connectivity index (χ4n) is 4.34. The number of aryl methyl sites for hydroxylation is 3. The highest BCUT2D eigenvalue weighted by atomic mass is 16.1. The molecule has 30 heavy (non-hydrogen) atoms. The maximum atomic E-state index is 12.2. The van der Waals surface area contributed by atoms with Gasteiger partial charge in [0, 0.05) is 22.9 Å². The number of nitrogens with two attached hydrogens (primary N) is 1. The molecule has 0 saturated heterocycles. The second-order valence-electron chi connectivity index (χ2n) is 8.31. The number of carbonyl (C=O) groups excluding carboxylic acids is 1. The molecule has 153 valence electrons. The highest BCUT2D eigenvalue weighted by Crippen LogP contribution is 2.33. The first-order valence-corrected chi connectivity index (χ1v) is 10.8. The number of nitrogens with zero attached hydrogens (tertiary/aromatic N) is 1. The number of rotatable bonds is 7. The number of hydrogen-bond donors (Lipinski definition) is 1. The summed E-state index contributed by atoms with van der Waals surface area (Å²) >= 11 is 0. The summed E-state index contributed by atoms with van der Waals surface area (Å²) in [6.45, 7) is 7.25. The van der Waals surface area contributed by atoms with E-state index in [4.69, 9.17) is 5.73 Å². The van der Waals surface area contributed by atoms with Gasteiger partial charge in [0.25, 0.3) is 0 Å². The first-order valence-electron chi connectivity index (χ1n) is 10.8. The van der Waals surface area contributed by atoms with E-state index in [1.807, 2.05) is 12.1 Å². The SMILES string of the molecule is CCCCCc1c[c]c2c3c(C(N)=O)cccc3n(Cc3cc(C)ccc3C)c2c1. The number of amides is 1. The molecule has 0 saturated carbocycles. The zero-order valence-corrected chi connectivity index (χ0v) is 18.1. The Morgan fingerprint density at radius 3 is 2.67 bits per heavy atom. The van der Waals surface area contributed by atoms with Crippen LogP contribution in [0.5, 0.6) is 0 Å². The van der Waals surface area contributed by atoms with Crippen molar-refractivity contribution in [1.29, 1.82) is 0 Å². The lowest BCUT2D eigenvalue weighted by Crippen LogP contribution is -2.11. The van der Waals surface area contributed by atoms with E-state index in [0.717, 1.165) is 34.8 Å². The lowest BCUT2D eigenvalue weighted by atomic mass is 10.0. The summed E-state index contributed by atoms with van der Waals surface area (Å²) in [7, 11) is 0. The van der Waals surface area contributed by atoms with Crippen LogP contribution < -0.4 is 5.73 Å². The Morgan fingerprint density at radius 1 is 1.07 bits per heavy atom. The first kappa shape index (κ1) is 20.2. The van der Waals surface area contributed by atoms with Gasteiger partial charge in [0.2, 0.25) is 5.91 Å². The Kier molecular flexibility index (Phi) is 5.63. The highest BCUT2D eigenvalue weighted by Gasteiger charge is 2.17. The molecule has 3 nitrogen and oxygen atoms in total. The van der Waals surface area contributed by atoms with Crippen LogP contribution in [0.2, 0.25) is 0 Å². The molecule has 0 aliphatic rings. The molecular formula is C27H29N2O. The summed E-state index contributed by atoms with van der Waals surface area (Å²) in [5, 5.41) is 1.88. The van der Waals surface area contributed by atoms with Crippen molar-refractivity contribution in [2.45, 2.75) is 53.0 Å². The topological polar surface area (TPSA) is 48.0 Å². The Labute approximate surface area is 178 Å². The van der Waals surface area contributed by atoms with Crippen LogP contribution in [-0.2, 0) is 13.0 Å². The quantitative estimate of drug-likeness (QED) is 0.377. The molecule has 4 aromatic rings. The number of fused-ring (bicyclic) bond motifs is 3. The van der Waals surface area contributed by atoms with Gasteiger partial charge in [-0.15, -0.1) is 0 Å². The molecule has 1 amide bonds. The van der Waals surface area contributed by atoms with Crippen molar-refractivity contribution < 1.29 is 4.79 Å². The van der Waals surface area contributed by atoms with Gasteiger partial charge in [-0.3, -0.25) is 4.79 Å². The molecule has 1 heterocycles. The van der Waals surface area contributed by atoms with Crippen LogP contribution >= 0.6 is 0 Å². The molecule has 4 rings (SSSR count). The van der Waals surface area contributed by atoms with Crippen molar-refractivity contribution >= 4 is 27.7 Å². The van der Waals surface area contributed by atoms with Crippen molar-refractivity contribution in [3.63, 3.8) is 0 Å². The maximum absolute atomic E-state index is 12.2. The molecule has 0 spiro atoms. The molecule has 2 N–H and O–H groups in total. The predicted octanol–water partition coefficient (Wildman–Crippen LogP) is 6.09. The number of benzene rings is 3. The minimum absolute atomic E-state index is 0.396. The first-order chi connectivity index (χ1) is 14.5. The van der Waals surface area contributed by atoms with Crippen molar-refractivity contribution in [1.82, 2.24) is 4.57 Å². The van der Waals surface area contributed by atoms with Gasteiger partial charge in [-0.2, -0.15) is 0 Å². The van der Waals surface area contributed by atoms with Crippen LogP contribution in [0, 0.1) is 19.9 Å². The normalized spacial score (nSPS) is 11.4. The fourth-order valence-corrected chi connectivity index (χ4v) is 4.34. The Bertz CT molecular complexity index is 1230. The molecule has 0 fully saturated rings. The third-order valence-electron chi connectivity index (χ3n) is 6.02. The summed E-state index contributed by atoms with van der Waals surface area (Å²) < 4.78 is 2.32. The second-order valence-corrected chi connectivity index (χ2v) is 8.31. The Morgan fingerprint density at radius 2 is 1.90 bits per heavy atom. The lowest BCUT2D eigenvalue weighted by Gasteiger charge is -2.12. The second kappa shape index (κ2) is 8.35. The van der Waals surface area contributed by atoms with E-state index in [1.165, 1.54) is 41.5 Å². The van der Waals surface area contributed by atoms with Crippen LogP contribution in [-0.4, -0.2) is 10.5 Å². The average Bonchev–Trinajstić information content (AvgIpc) is 3.04. The number of primary amides is 1. The van der Waals surface area contributed by atoms with Crippen LogP contribution in [0.3, 0.4) is 0 Å². The number of aromatic nitrogens is 1. The van der Waals surface area contributed by atoms with E-state index in [-0.39, 0.29) is 0 Å². The maximum Gasteiger partial charge on any atom is 0.249 e. The van der Waals surface area contributed by atoms with E-state index < -0.39 is 5.91 Å². The Balaban J connectivity index is 1.94. The molecule has 0 aliphatic heterocycles. The smallest absolute Gasteiger partial charge is 0.249 e. The van der Waals surface area contributed by atoms with Crippen molar-refractivity contribution in [3.05, 3.63) is 82.4 Å². The molecule has 3 heteroatoms. The van der Waals surface area contributed by atoms with Gasteiger partial charge in [-0.25, -0.2) is 0 Å². The van der Waals surface area contributed by atoms with E-state index in [1.54, 1.807) is 0 Å². The molecule has 1 radical (unpaired) electrons. The summed E-state index contributed by atoms with van der Waals surface area (Å²) in [6.07, 6.45) is 4.67. The summed E-state index contributed by atoms with van der Waals surface area (Å²) in [5.74, 6) is -0.396. The van der Waals surface area contributed by atoms with Crippen molar-refractivity contribution in [3.8, 4) is 0 Å². The molecule has 0 bridgehead atoms. The summed E-state index contributed by atoms with van der Waals surface area (Å²) in [6, 6.07) is 20.2. The van der Waals surface area contributed by atoms with Gasteiger partial charge in [0.1, 0.15) is 0 Å². The van der Waals surface area contributed by atoms with Gasteiger partial charge >= 0.3 is 0 Å². The third-order valence-corrected chi connectivity index (χ3v) is 6.02. The predicted molar refractivity (Wildman–Crippen MR) is 125 cm³/mol. The minimum Gasteiger partial charge on any atom is -0.366 e. The van der Waals surface area contributed by atoms with E-state index in [2.05, 4.69) is 67.8 Å². The molecule has 0 aliphatic carbocycles. The van der Waals surface area contributed by atoms with Crippen molar-refractivity contribution in [2.75, 3.05) is 0 Å². The number of carbonyl (C=O) groups is 1. The van der Waals surface area contributed by atoms with Gasteiger partial charge in [-0.1, -0.05) is 55.7 Å². The van der Waals surface area contributed by atoms with E-state index >= 15 is 0 Å². The minimum atomic E-state index is -0.396. The highest BCUT2D eigenvalue weighted by molar-refractivity contribution is 6.17. The van der Waals surface area contributed by atoms with Crippen LogP contribution in [0.25, 0.3) is 21.8 Å². The molecule has 3 aromatic carbocycles. The average molecular weight is 398 g/mol. The molecule has 0 unspecified atom stereocenters. The monoisotopic (exact) mass is 397 g/mol. The van der Waals surface area contributed by atoms with E-state index in [9.17, 15) is 4.79 Å². The van der Waals surface area contributed by atoms with Gasteiger partial charge < -0.3 is 10.3 Å². The Hall–Kier alpha value is -3.07. The zero-order valence-electron chi connectivity index (χ0n) is 18.1. The molecule has 0 atom stereocenters. The standard InChI is InChI=1S/C27H29N2O/c1-4-5-6-8-20-13-14-22-25(16-20)29(17-21-15-18(2)11-12-19(21)3)24-10-7-9-23(26(22)24)27(28)30/h7,9-13,15-16H,4-6,8,17H2,1-3H3,(H2,28,30). The largest absolute Gasteiger partial charge is 0.366 e. The summed E-state index contributed by atoms with van der Waals surface area (Å²) in [4.78, 5) is 12.2. The molecule has 1 aromatic heterocycles. The third kappa shape index (κ3) is 3.72.